The average Bonchev–Trinajstić information content (AvgIpc) is 2.92. The van der Waals surface area contributed by atoms with E-state index in [0.717, 1.165) is 16.3 Å². The molecule has 1 aromatic heterocycles. The van der Waals surface area contributed by atoms with E-state index >= 15 is 0 Å². The van der Waals surface area contributed by atoms with Crippen LogP contribution in [-0.2, 0) is 0 Å². The van der Waals surface area contributed by atoms with Crippen LogP contribution in [0.25, 0.3) is 0 Å². The van der Waals surface area contributed by atoms with Crippen molar-refractivity contribution in [3.63, 3.8) is 0 Å². The van der Waals surface area contributed by atoms with Crippen LogP contribution in [0.5, 0.6) is 0 Å². The first kappa shape index (κ1) is 15.2. The molecule has 1 aromatic carbocycles. The van der Waals surface area contributed by atoms with Crippen molar-refractivity contribution in [3.8, 4) is 0 Å². The number of nitrogens with two attached hydrogens (primary N) is 1. The topological polar surface area (TPSA) is 26.0 Å². The lowest BCUT2D eigenvalue weighted by Crippen LogP contribution is -2.25. The van der Waals surface area contributed by atoms with E-state index in [-0.39, 0.29) is 11.3 Å². The maximum Gasteiger partial charge on any atom is 0.0543 e. The molecule has 5 heteroatoms. The summed E-state index contributed by atoms with van der Waals surface area (Å²) in [6.45, 7) is 2.10. The molecule has 0 amide bonds. The summed E-state index contributed by atoms with van der Waals surface area (Å²) in [4.78, 5) is 0.981. The lowest BCUT2D eigenvalue weighted by Gasteiger charge is -2.22. The molecule has 0 radical (unpaired) electrons. The van der Waals surface area contributed by atoms with Gasteiger partial charge in [-0.05, 0) is 47.0 Å². The van der Waals surface area contributed by atoms with Gasteiger partial charge >= 0.3 is 0 Å². The van der Waals surface area contributed by atoms with E-state index in [1.165, 1.54) is 5.56 Å². The fourth-order valence-electron chi connectivity index (χ4n) is 1.76. The maximum atomic E-state index is 6.25. The Morgan fingerprint density at radius 3 is 2.74 bits per heavy atom. The highest BCUT2D eigenvalue weighted by Gasteiger charge is 2.21. The van der Waals surface area contributed by atoms with Crippen LogP contribution in [0.4, 0.5) is 0 Å². The van der Waals surface area contributed by atoms with Crippen molar-refractivity contribution >= 4 is 46.3 Å². The molecule has 0 aliphatic rings. The molecule has 0 spiro atoms. The number of thioether (sulfide) groups is 1. The molecule has 2 atom stereocenters. The van der Waals surface area contributed by atoms with Crippen LogP contribution in [0.3, 0.4) is 0 Å². The smallest absolute Gasteiger partial charge is 0.0543 e. The largest absolute Gasteiger partial charge is 0.326 e. The molecule has 2 N–H and O–H groups in total. The van der Waals surface area contributed by atoms with E-state index in [2.05, 4.69) is 23.8 Å². The number of thiophene rings is 1. The standard InChI is InChI=1S/C14H15Cl2NS2/c1-2-12(17)14(9-5-6-18-8-9)19-13-7-10(15)3-4-11(13)16/h3-8,12,14H,2,17H2,1H3. The minimum Gasteiger partial charge on any atom is -0.326 e. The summed E-state index contributed by atoms with van der Waals surface area (Å²) < 4.78 is 0. The van der Waals surface area contributed by atoms with E-state index in [1.54, 1.807) is 29.2 Å². The second-order valence-corrected chi connectivity index (χ2v) is 7.05. The third-order valence-corrected chi connectivity index (χ3v) is 5.72. The third-order valence-electron chi connectivity index (χ3n) is 2.88. The second-order valence-electron chi connectivity index (χ2n) is 4.24. The summed E-state index contributed by atoms with van der Waals surface area (Å²) in [6.07, 6.45) is 0.922. The molecule has 0 bridgehead atoms. The zero-order valence-electron chi connectivity index (χ0n) is 10.5. The summed E-state index contributed by atoms with van der Waals surface area (Å²) in [5.41, 5.74) is 7.50. The Kier molecular flexibility index (Phi) is 5.60. The predicted octanol–water partition coefficient (Wildman–Crippen LogP) is 5.63. The van der Waals surface area contributed by atoms with Crippen LogP contribution in [0.2, 0.25) is 10.0 Å². The fourth-order valence-corrected chi connectivity index (χ4v) is 4.33. The van der Waals surface area contributed by atoms with Crippen molar-refractivity contribution in [2.24, 2.45) is 5.73 Å². The Morgan fingerprint density at radius 2 is 2.11 bits per heavy atom. The van der Waals surface area contributed by atoms with Gasteiger partial charge in [0.05, 0.1) is 10.3 Å². The fraction of sp³-hybridized carbons (Fsp3) is 0.286. The van der Waals surface area contributed by atoms with Crippen LogP contribution < -0.4 is 5.73 Å². The van der Waals surface area contributed by atoms with Gasteiger partial charge in [-0.25, -0.2) is 0 Å². The molecule has 2 aromatic rings. The van der Waals surface area contributed by atoms with E-state index in [9.17, 15) is 0 Å². The average molecular weight is 332 g/mol. The van der Waals surface area contributed by atoms with Crippen molar-refractivity contribution in [1.82, 2.24) is 0 Å². The van der Waals surface area contributed by atoms with Gasteiger partial charge in [0.15, 0.2) is 0 Å². The lowest BCUT2D eigenvalue weighted by atomic mass is 10.1. The molecule has 1 nitrogen and oxygen atoms in total. The monoisotopic (exact) mass is 331 g/mol. The van der Waals surface area contributed by atoms with E-state index < -0.39 is 0 Å². The molecule has 0 saturated carbocycles. The number of halogens is 2. The first-order chi connectivity index (χ1) is 9.11. The van der Waals surface area contributed by atoms with Gasteiger partial charge < -0.3 is 5.73 Å². The van der Waals surface area contributed by atoms with Crippen molar-refractivity contribution in [3.05, 3.63) is 50.6 Å². The first-order valence-corrected chi connectivity index (χ1v) is 8.59. The molecule has 19 heavy (non-hydrogen) atoms. The second kappa shape index (κ2) is 7.00. The lowest BCUT2D eigenvalue weighted by molar-refractivity contribution is 0.635. The quantitative estimate of drug-likeness (QED) is 0.719. The van der Waals surface area contributed by atoms with Crippen molar-refractivity contribution < 1.29 is 0 Å². The summed E-state index contributed by atoms with van der Waals surface area (Å²) in [7, 11) is 0. The Labute approximate surface area is 132 Å². The van der Waals surface area contributed by atoms with Gasteiger partial charge in [-0.3, -0.25) is 0 Å². The zero-order chi connectivity index (χ0) is 13.8. The summed E-state index contributed by atoms with van der Waals surface area (Å²) >= 11 is 15.6. The van der Waals surface area contributed by atoms with Gasteiger partial charge in [-0.1, -0.05) is 30.1 Å². The molecule has 0 aliphatic heterocycles. The van der Waals surface area contributed by atoms with Crippen LogP contribution >= 0.6 is 46.3 Å². The van der Waals surface area contributed by atoms with Crippen LogP contribution in [0, 0.1) is 0 Å². The molecular formula is C14H15Cl2NS2. The van der Waals surface area contributed by atoms with E-state index in [4.69, 9.17) is 28.9 Å². The van der Waals surface area contributed by atoms with Crippen molar-refractivity contribution in [2.75, 3.05) is 0 Å². The van der Waals surface area contributed by atoms with E-state index in [0.29, 0.717) is 5.02 Å². The molecular weight excluding hydrogens is 317 g/mol. The number of benzene rings is 1. The Morgan fingerprint density at radius 1 is 1.32 bits per heavy atom. The van der Waals surface area contributed by atoms with Crippen molar-refractivity contribution in [1.29, 1.82) is 0 Å². The minimum atomic E-state index is 0.0923. The highest BCUT2D eigenvalue weighted by atomic mass is 35.5. The van der Waals surface area contributed by atoms with Gasteiger partial charge in [0.2, 0.25) is 0 Å². The Balaban J connectivity index is 2.28. The summed E-state index contributed by atoms with van der Waals surface area (Å²) in [6, 6.07) is 7.74. The number of rotatable bonds is 5. The molecule has 2 rings (SSSR count). The minimum absolute atomic E-state index is 0.0923. The third kappa shape index (κ3) is 3.89. The summed E-state index contributed by atoms with van der Waals surface area (Å²) in [5, 5.41) is 5.84. The van der Waals surface area contributed by atoms with Gasteiger partial charge in [0.25, 0.3) is 0 Å². The Bertz CT molecular complexity index is 528. The highest BCUT2D eigenvalue weighted by Crippen LogP contribution is 2.42. The predicted molar refractivity (Wildman–Crippen MR) is 87.6 cm³/mol. The number of hydrogen-bond donors (Lipinski definition) is 1. The van der Waals surface area contributed by atoms with Gasteiger partial charge in [-0.2, -0.15) is 11.3 Å². The SMILES string of the molecule is CCC(N)C(Sc1cc(Cl)ccc1Cl)c1ccsc1. The molecule has 0 saturated heterocycles. The normalized spacial score (nSPS) is 14.3. The van der Waals surface area contributed by atoms with Gasteiger partial charge in [-0.15, -0.1) is 11.8 Å². The molecule has 1 heterocycles. The van der Waals surface area contributed by atoms with Crippen LogP contribution in [0.15, 0.2) is 39.9 Å². The summed E-state index contributed by atoms with van der Waals surface area (Å²) in [5.74, 6) is 0. The van der Waals surface area contributed by atoms with Gasteiger partial charge in [0.1, 0.15) is 0 Å². The Hall–Kier alpha value is -0.190. The molecule has 2 unspecified atom stereocenters. The van der Waals surface area contributed by atoms with Crippen molar-refractivity contribution in [2.45, 2.75) is 29.5 Å². The van der Waals surface area contributed by atoms with Crippen LogP contribution in [-0.4, -0.2) is 6.04 Å². The zero-order valence-corrected chi connectivity index (χ0v) is 13.6. The number of hydrogen-bond acceptors (Lipinski definition) is 3. The molecule has 0 aliphatic carbocycles. The first-order valence-electron chi connectivity index (χ1n) is 6.01. The van der Waals surface area contributed by atoms with Gasteiger partial charge in [0, 0.05) is 16.0 Å². The molecule has 102 valence electrons. The maximum absolute atomic E-state index is 6.25. The highest BCUT2D eigenvalue weighted by molar-refractivity contribution is 7.99. The van der Waals surface area contributed by atoms with E-state index in [1.807, 2.05) is 12.1 Å². The molecule has 0 fully saturated rings. The van der Waals surface area contributed by atoms with Crippen LogP contribution in [0.1, 0.15) is 24.2 Å².